The fraction of sp³-hybridized carbons (Fsp3) is 0.636. The molecule has 0 spiro atoms. The number of hydrogen-bond donors (Lipinski definition) is 1. The van der Waals surface area contributed by atoms with Crippen LogP contribution in [0.1, 0.15) is 24.3 Å². The van der Waals surface area contributed by atoms with Crippen molar-refractivity contribution in [3.8, 4) is 0 Å². The highest BCUT2D eigenvalue weighted by Gasteiger charge is 2.48. The van der Waals surface area contributed by atoms with E-state index in [4.69, 9.17) is 4.74 Å². The van der Waals surface area contributed by atoms with Crippen molar-refractivity contribution in [2.24, 2.45) is 11.3 Å². The van der Waals surface area contributed by atoms with Gasteiger partial charge in [-0.15, -0.1) is 0 Å². The summed E-state index contributed by atoms with van der Waals surface area (Å²) in [5.41, 5.74) is -0.398. The van der Waals surface area contributed by atoms with Gasteiger partial charge in [0.2, 0.25) is 0 Å². The number of ether oxygens (including phenoxy) is 1. The normalized spacial score (nSPS) is 27.3. The molecule has 2 atom stereocenters. The summed E-state index contributed by atoms with van der Waals surface area (Å²) in [6.07, 6.45) is 1.38. The van der Waals surface area contributed by atoms with E-state index in [0.29, 0.717) is 13.1 Å². The number of esters is 1. The molecule has 98 valence electrons. The summed E-state index contributed by atoms with van der Waals surface area (Å²) in [5, 5.41) is 9.76. The van der Waals surface area contributed by atoms with E-state index in [1.807, 2.05) is 13.8 Å². The van der Waals surface area contributed by atoms with E-state index >= 15 is 0 Å². The molecule has 0 aromatic carbocycles. The van der Waals surface area contributed by atoms with Gasteiger partial charge in [-0.05, 0) is 12.8 Å². The molecule has 0 radical (unpaired) electrons. The molecule has 0 saturated carbocycles. The molecule has 0 bridgehead atoms. The molecule has 7 nitrogen and oxygen atoms in total. The summed E-state index contributed by atoms with van der Waals surface area (Å²) < 4.78 is 4.82. The Balaban J connectivity index is 2.16. The lowest BCUT2D eigenvalue weighted by molar-refractivity contribution is -0.152. The maximum absolute atomic E-state index is 12.1. The van der Waals surface area contributed by atoms with Gasteiger partial charge in [0.1, 0.15) is 0 Å². The van der Waals surface area contributed by atoms with Crippen molar-refractivity contribution in [1.82, 2.24) is 20.3 Å². The highest BCUT2D eigenvalue weighted by Crippen LogP contribution is 2.36. The quantitative estimate of drug-likeness (QED) is 0.753. The molecule has 2 rings (SSSR count). The zero-order valence-electron chi connectivity index (χ0n) is 10.6. The van der Waals surface area contributed by atoms with E-state index in [0.717, 1.165) is 0 Å². The van der Waals surface area contributed by atoms with Crippen molar-refractivity contribution in [2.75, 3.05) is 20.2 Å². The van der Waals surface area contributed by atoms with Crippen molar-refractivity contribution in [1.29, 1.82) is 0 Å². The first-order valence-corrected chi connectivity index (χ1v) is 5.72. The van der Waals surface area contributed by atoms with Gasteiger partial charge in [-0.1, -0.05) is 6.92 Å². The first kappa shape index (κ1) is 12.5. The smallest absolute Gasteiger partial charge is 0.313 e. The van der Waals surface area contributed by atoms with Crippen molar-refractivity contribution >= 4 is 11.9 Å². The average Bonchev–Trinajstić information content (AvgIpc) is 2.97. The summed E-state index contributed by atoms with van der Waals surface area (Å²) in [7, 11) is 1.36. The molecule has 1 saturated heterocycles. The number of nitrogens with zero attached hydrogens (tertiary/aromatic N) is 3. The van der Waals surface area contributed by atoms with Crippen LogP contribution >= 0.6 is 0 Å². The van der Waals surface area contributed by atoms with Crippen molar-refractivity contribution in [3.05, 3.63) is 11.9 Å². The molecule has 2 heterocycles. The largest absolute Gasteiger partial charge is 0.469 e. The molecule has 0 aliphatic carbocycles. The van der Waals surface area contributed by atoms with Crippen LogP contribution in [0.3, 0.4) is 0 Å². The lowest BCUT2D eigenvalue weighted by Gasteiger charge is -2.24. The van der Waals surface area contributed by atoms with Crippen molar-refractivity contribution in [2.45, 2.75) is 13.8 Å². The Morgan fingerprint density at radius 1 is 1.61 bits per heavy atom. The summed E-state index contributed by atoms with van der Waals surface area (Å²) in [6, 6.07) is 0. The molecule has 1 aromatic rings. The van der Waals surface area contributed by atoms with Crippen LogP contribution in [-0.4, -0.2) is 52.4 Å². The molecule has 1 aliphatic heterocycles. The number of methoxy groups -OCH3 is 1. The second-order valence-electron chi connectivity index (χ2n) is 4.85. The van der Waals surface area contributed by atoms with Gasteiger partial charge < -0.3 is 9.64 Å². The van der Waals surface area contributed by atoms with Crippen LogP contribution in [0.15, 0.2) is 6.20 Å². The molecule has 1 aromatic heterocycles. The van der Waals surface area contributed by atoms with Gasteiger partial charge >= 0.3 is 5.97 Å². The van der Waals surface area contributed by atoms with Crippen LogP contribution in [0.5, 0.6) is 0 Å². The lowest BCUT2D eigenvalue weighted by Crippen LogP contribution is -2.37. The van der Waals surface area contributed by atoms with E-state index in [-0.39, 0.29) is 23.5 Å². The summed E-state index contributed by atoms with van der Waals surface area (Å²) in [5.74, 6) is -0.463. The van der Waals surface area contributed by atoms with Crippen LogP contribution in [0.25, 0.3) is 0 Å². The third-order valence-electron chi connectivity index (χ3n) is 3.67. The number of rotatable bonds is 2. The molecular weight excluding hydrogens is 236 g/mol. The maximum Gasteiger partial charge on any atom is 0.313 e. The molecule has 1 aliphatic rings. The zero-order chi connectivity index (χ0) is 13.3. The monoisotopic (exact) mass is 252 g/mol. The lowest BCUT2D eigenvalue weighted by atomic mass is 9.81. The van der Waals surface area contributed by atoms with Crippen LogP contribution in [0, 0.1) is 11.3 Å². The number of nitrogens with one attached hydrogen (secondary N) is 1. The van der Waals surface area contributed by atoms with E-state index in [2.05, 4.69) is 15.4 Å². The van der Waals surface area contributed by atoms with E-state index in [1.165, 1.54) is 13.3 Å². The predicted octanol–water partition coefficient (Wildman–Crippen LogP) is 0.0759. The third-order valence-corrected chi connectivity index (χ3v) is 3.67. The topological polar surface area (TPSA) is 88.2 Å². The zero-order valence-corrected chi connectivity index (χ0v) is 10.6. The summed E-state index contributed by atoms with van der Waals surface area (Å²) in [6.45, 7) is 4.61. The van der Waals surface area contributed by atoms with Gasteiger partial charge in [0.15, 0.2) is 5.69 Å². The Labute approximate surface area is 104 Å². The Kier molecular flexibility index (Phi) is 3.06. The highest BCUT2D eigenvalue weighted by atomic mass is 16.5. The van der Waals surface area contributed by atoms with Gasteiger partial charge in [0.05, 0.1) is 18.7 Å². The number of carbonyl (C=O) groups excluding carboxylic acids is 2. The standard InChI is InChI=1S/C11H16N4O3/c1-7-5-15(6-11(7,2)10(17)18-3)9(16)8-4-12-14-13-8/h4,7H,5-6H2,1-3H3,(H,12,13,14)/t7-,11-/m1/s1. The highest BCUT2D eigenvalue weighted by molar-refractivity contribution is 5.93. The van der Waals surface area contributed by atoms with Crippen molar-refractivity contribution in [3.63, 3.8) is 0 Å². The molecular formula is C11H16N4O3. The fourth-order valence-electron chi connectivity index (χ4n) is 2.27. The maximum atomic E-state index is 12.1. The van der Waals surface area contributed by atoms with Gasteiger partial charge in [-0.2, -0.15) is 15.4 Å². The average molecular weight is 252 g/mol. The molecule has 1 amide bonds. The number of aromatic nitrogens is 3. The van der Waals surface area contributed by atoms with Crippen LogP contribution in [-0.2, 0) is 9.53 Å². The number of H-pyrrole nitrogens is 1. The number of hydrogen-bond acceptors (Lipinski definition) is 5. The Morgan fingerprint density at radius 2 is 2.33 bits per heavy atom. The van der Waals surface area contributed by atoms with Gasteiger partial charge in [-0.3, -0.25) is 9.59 Å². The van der Waals surface area contributed by atoms with E-state index in [9.17, 15) is 9.59 Å². The fourth-order valence-corrected chi connectivity index (χ4v) is 2.27. The molecule has 7 heteroatoms. The predicted molar refractivity (Wildman–Crippen MR) is 61.6 cm³/mol. The van der Waals surface area contributed by atoms with Gasteiger partial charge in [0.25, 0.3) is 5.91 Å². The first-order chi connectivity index (χ1) is 8.49. The third kappa shape index (κ3) is 1.85. The minimum atomic E-state index is -0.659. The molecule has 18 heavy (non-hydrogen) atoms. The van der Waals surface area contributed by atoms with Crippen LogP contribution in [0.2, 0.25) is 0 Å². The summed E-state index contributed by atoms with van der Waals surface area (Å²) in [4.78, 5) is 25.5. The minimum Gasteiger partial charge on any atom is -0.469 e. The number of carbonyl (C=O) groups is 2. The summed E-state index contributed by atoms with van der Waals surface area (Å²) >= 11 is 0. The number of aromatic amines is 1. The Bertz CT molecular complexity index is 459. The van der Waals surface area contributed by atoms with Gasteiger partial charge in [-0.25, -0.2) is 0 Å². The Morgan fingerprint density at radius 3 is 2.89 bits per heavy atom. The van der Waals surface area contributed by atoms with Crippen LogP contribution in [0.4, 0.5) is 0 Å². The van der Waals surface area contributed by atoms with Gasteiger partial charge in [0, 0.05) is 13.1 Å². The molecule has 0 unspecified atom stereocenters. The second-order valence-corrected chi connectivity index (χ2v) is 4.85. The Hall–Kier alpha value is -1.92. The number of amides is 1. The minimum absolute atomic E-state index is 0.0424. The second kappa shape index (κ2) is 4.40. The number of likely N-dealkylation sites (tertiary alicyclic amines) is 1. The molecule has 1 N–H and O–H groups in total. The van der Waals surface area contributed by atoms with Crippen molar-refractivity contribution < 1.29 is 14.3 Å². The van der Waals surface area contributed by atoms with E-state index < -0.39 is 5.41 Å². The first-order valence-electron chi connectivity index (χ1n) is 5.72. The van der Waals surface area contributed by atoms with E-state index in [1.54, 1.807) is 4.90 Å². The molecule has 1 fully saturated rings. The SMILES string of the molecule is COC(=O)[C@]1(C)CN(C(=O)c2cn[nH]n2)C[C@H]1C. The van der Waals surface area contributed by atoms with Crippen LogP contribution < -0.4 is 0 Å².